The normalized spacial score (nSPS) is 19.8. The third-order valence-electron chi connectivity index (χ3n) is 5.46. The van der Waals surface area contributed by atoms with Crippen LogP contribution in [0.5, 0.6) is 0 Å². The lowest BCUT2D eigenvalue weighted by molar-refractivity contribution is 0.00578. The van der Waals surface area contributed by atoms with Gasteiger partial charge < -0.3 is 13.9 Å². The highest BCUT2D eigenvalue weighted by molar-refractivity contribution is 6.62. The Hall–Kier alpha value is -1.78. The lowest BCUT2D eigenvalue weighted by atomic mass is 9.79. The maximum atomic E-state index is 6.18. The van der Waals surface area contributed by atoms with Gasteiger partial charge in [-0.15, -0.1) is 0 Å². The van der Waals surface area contributed by atoms with E-state index in [0.29, 0.717) is 0 Å². The van der Waals surface area contributed by atoms with Gasteiger partial charge in [-0.25, -0.2) is 0 Å². The Kier molecular flexibility index (Phi) is 2.97. The van der Waals surface area contributed by atoms with E-state index in [2.05, 4.69) is 81.8 Å². The third kappa shape index (κ3) is 2.05. The highest BCUT2D eigenvalue weighted by atomic mass is 16.7. The van der Waals surface area contributed by atoms with E-state index in [4.69, 9.17) is 9.31 Å². The first-order chi connectivity index (χ1) is 10.8. The molecule has 0 bridgehead atoms. The molecule has 0 spiro atoms. The van der Waals surface area contributed by atoms with Gasteiger partial charge in [-0.05, 0) is 45.3 Å². The molecule has 3 aromatic rings. The van der Waals surface area contributed by atoms with Gasteiger partial charge in [0, 0.05) is 28.9 Å². The van der Waals surface area contributed by atoms with Crippen molar-refractivity contribution in [3.8, 4) is 0 Å². The van der Waals surface area contributed by atoms with Gasteiger partial charge in [0.2, 0.25) is 0 Å². The second kappa shape index (κ2) is 4.62. The quantitative estimate of drug-likeness (QED) is 0.641. The molecule has 1 aliphatic rings. The molecule has 1 aliphatic heterocycles. The minimum absolute atomic E-state index is 0.314. The summed E-state index contributed by atoms with van der Waals surface area (Å²) in [6.07, 6.45) is 0. The van der Waals surface area contributed by atoms with Crippen LogP contribution >= 0.6 is 0 Å². The first kappa shape index (κ1) is 14.8. The molecule has 0 atom stereocenters. The van der Waals surface area contributed by atoms with Crippen LogP contribution in [0.15, 0.2) is 42.5 Å². The van der Waals surface area contributed by atoms with Crippen molar-refractivity contribution in [3.63, 3.8) is 0 Å². The molecule has 0 saturated carbocycles. The van der Waals surface area contributed by atoms with E-state index in [-0.39, 0.29) is 18.3 Å². The average molecular weight is 307 g/mol. The fourth-order valence-electron chi connectivity index (χ4n) is 3.30. The van der Waals surface area contributed by atoms with E-state index in [1.54, 1.807) is 0 Å². The number of aromatic nitrogens is 1. The lowest BCUT2D eigenvalue weighted by Crippen LogP contribution is -2.41. The molecule has 1 aromatic heterocycles. The zero-order chi connectivity index (χ0) is 16.4. The molecule has 4 heteroatoms. The smallest absolute Gasteiger partial charge is 0.399 e. The zero-order valence-corrected chi connectivity index (χ0v) is 14.4. The van der Waals surface area contributed by atoms with Crippen LogP contribution in [-0.4, -0.2) is 22.9 Å². The molecule has 2 heterocycles. The Labute approximate surface area is 137 Å². The van der Waals surface area contributed by atoms with Gasteiger partial charge in [-0.2, -0.15) is 0 Å². The first-order valence-electron chi connectivity index (χ1n) is 8.13. The van der Waals surface area contributed by atoms with Crippen LogP contribution in [0.3, 0.4) is 0 Å². The minimum atomic E-state index is -0.317. The predicted molar refractivity (Wildman–Crippen MR) is 96.1 cm³/mol. The number of benzene rings is 2. The summed E-state index contributed by atoms with van der Waals surface area (Å²) in [6.45, 7) is 8.34. The van der Waals surface area contributed by atoms with E-state index in [1.165, 1.54) is 21.8 Å². The Bertz CT molecular complexity index is 894. The predicted octanol–water partition coefficient (Wildman–Crippen LogP) is 3.63. The van der Waals surface area contributed by atoms with Gasteiger partial charge in [0.25, 0.3) is 0 Å². The van der Waals surface area contributed by atoms with Crippen molar-refractivity contribution in [2.24, 2.45) is 7.05 Å². The molecule has 0 radical (unpaired) electrons. The number of hydrogen-bond donors (Lipinski definition) is 0. The summed E-state index contributed by atoms with van der Waals surface area (Å²) in [5, 5.41) is 2.55. The third-order valence-corrected chi connectivity index (χ3v) is 5.46. The fourth-order valence-corrected chi connectivity index (χ4v) is 3.30. The monoisotopic (exact) mass is 307 g/mol. The minimum Gasteiger partial charge on any atom is -0.399 e. The van der Waals surface area contributed by atoms with Crippen molar-refractivity contribution in [1.82, 2.24) is 4.57 Å². The standard InChI is InChI=1S/C19H22BNO2/c1-18(2)19(3,4)23-20(22-18)13-10-11-15-14-8-6-7-9-16(14)21(5)17(15)12-13/h6-12H,1-5H3. The van der Waals surface area contributed by atoms with E-state index < -0.39 is 0 Å². The Balaban J connectivity index is 1.85. The summed E-state index contributed by atoms with van der Waals surface area (Å²) < 4.78 is 14.6. The Morgan fingerprint density at radius 3 is 2.13 bits per heavy atom. The van der Waals surface area contributed by atoms with Crippen molar-refractivity contribution in [1.29, 1.82) is 0 Å². The molecule has 0 unspecified atom stereocenters. The van der Waals surface area contributed by atoms with Gasteiger partial charge in [-0.3, -0.25) is 0 Å². The zero-order valence-electron chi connectivity index (χ0n) is 14.4. The van der Waals surface area contributed by atoms with Gasteiger partial charge in [0.15, 0.2) is 0 Å². The fraction of sp³-hybridized carbons (Fsp3) is 0.368. The van der Waals surface area contributed by atoms with E-state index in [0.717, 1.165) is 5.46 Å². The highest BCUT2D eigenvalue weighted by Gasteiger charge is 2.51. The molecule has 1 fully saturated rings. The first-order valence-corrected chi connectivity index (χ1v) is 8.13. The molecule has 0 amide bonds. The second-order valence-electron chi connectivity index (χ2n) is 7.44. The molecule has 3 nitrogen and oxygen atoms in total. The molecule has 2 aromatic carbocycles. The molecule has 23 heavy (non-hydrogen) atoms. The van der Waals surface area contributed by atoms with Gasteiger partial charge in [0.05, 0.1) is 11.2 Å². The van der Waals surface area contributed by atoms with Crippen molar-refractivity contribution in [3.05, 3.63) is 42.5 Å². The molecule has 0 aliphatic carbocycles. The van der Waals surface area contributed by atoms with E-state index >= 15 is 0 Å². The van der Waals surface area contributed by atoms with Gasteiger partial charge in [-0.1, -0.05) is 30.3 Å². The lowest BCUT2D eigenvalue weighted by Gasteiger charge is -2.32. The summed E-state index contributed by atoms with van der Waals surface area (Å²) in [4.78, 5) is 0. The number of para-hydroxylation sites is 1. The topological polar surface area (TPSA) is 23.4 Å². The van der Waals surface area contributed by atoms with Crippen LogP contribution in [0.25, 0.3) is 21.8 Å². The molecular weight excluding hydrogens is 285 g/mol. The SMILES string of the molecule is Cn1c2ccccc2c2ccc(B3OC(C)(C)C(C)(C)O3)cc21. The van der Waals surface area contributed by atoms with Gasteiger partial charge in [0.1, 0.15) is 0 Å². The maximum absolute atomic E-state index is 6.18. The summed E-state index contributed by atoms with van der Waals surface area (Å²) in [6, 6.07) is 15.0. The van der Waals surface area contributed by atoms with Crippen LogP contribution in [0, 0.1) is 0 Å². The number of rotatable bonds is 1. The van der Waals surface area contributed by atoms with Crippen molar-refractivity contribution in [2.75, 3.05) is 0 Å². The average Bonchev–Trinajstić information content (AvgIpc) is 2.91. The van der Waals surface area contributed by atoms with Crippen LogP contribution < -0.4 is 5.46 Å². The Morgan fingerprint density at radius 2 is 1.43 bits per heavy atom. The van der Waals surface area contributed by atoms with Crippen molar-refractivity contribution < 1.29 is 9.31 Å². The second-order valence-corrected chi connectivity index (χ2v) is 7.44. The Morgan fingerprint density at radius 1 is 0.826 bits per heavy atom. The number of hydrogen-bond acceptors (Lipinski definition) is 2. The summed E-state index contributed by atoms with van der Waals surface area (Å²) in [5.74, 6) is 0. The van der Waals surface area contributed by atoms with E-state index in [9.17, 15) is 0 Å². The van der Waals surface area contributed by atoms with Crippen LogP contribution in [0.2, 0.25) is 0 Å². The molecular formula is C19H22BNO2. The summed E-state index contributed by atoms with van der Waals surface area (Å²) >= 11 is 0. The van der Waals surface area contributed by atoms with Gasteiger partial charge >= 0.3 is 7.12 Å². The molecule has 4 rings (SSSR count). The number of fused-ring (bicyclic) bond motifs is 3. The number of aryl methyl sites for hydroxylation is 1. The van der Waals surface area contributed by atoms with Crippen molar-refractivity contribution in [2.45, 2.75) is 38.9 Å². The highest BCUT2D eigenvalue weighted by Crippen LogP contribution is 2.37. The van der Waals surface area contributed by atoms with Crippen molar-refractivity contribution >= 4 is 34.4 Å². The van der Waals surface area contributed by atoms with E-state index in [1.807, 2.05) is 0 Å². The maximum Gasteiger partial charge on any atom is 0.494 e. The van der Waals surface area contributed by atoms with Crippen LogP contribution in [0.1, 0.15) is 27.7 Å². The molecule has 1 saturated heterocycles. The summed E-state index contributed by atoms with van der Waals surface area (Å²) in [5.41, 5.74) is 2.89. The van der Waals surface area contributed by atoms with Crippen LogP contribution in [-0.2, 0) is 16.4 Å². The largest absolute Gasteiger partial charge is 0.494 e. The summed E-state index contributed by atoms with van der Waals surface area (Å²) in [7, 11) is 1.79. The molecule has 0 N–H and O–H groups in total. The molecule has 118 valence electrons. The van der Waals surface area contributed by atoms with Crippen LogP contribution in [0.4, 0.5) is 0 Å². The number of nitrogens with zero attached hydrogens (tertiary/aromatic N) is 1.